The summed E-state index contributed by atoms with van der Waals surface area (Å²) >= 11 is 0. The van der Waals surface area contributed by atoms with Crippen LogP contribution in [-0.2, 0) is 4.74 Å². The normalized spacial score (nSPS) is 16.7. The number of nitrogens with zero attached hydrogens (tertiary/aromatic N) is 1. The van der Waals surface area contributed by atoms with Crippen molar-refractivity contribution in [1.82, 2.24) is 19.5 Å². The third kappa shape index (κ3) is 4.10. The second-order valence-electron chi connectivity index (χ2n) is 4.53. The third-order valence-electron chi connectivity index (χ3n) is 2.91. The number of ether oxygens (including phenoxy) is 1. The monoisotopic (exact) mass is 330 g/mol. The van der Waals surface area contributed by atoms with E-state index in [1.165, 1.54) is 0 Å². The number of rotatable bonds is 1. The van der Waals surface area contributed by atoms with Crippen molar-refractivity contribution in [1.29, 1.82) is 0 Å². The van der Waals surface area contributed by atoms with Gasteiger partial charge in [0, 0.05) is 12.8 Å². The second-order valence-corrected chi connectivity index (χ2v) is 4.53. The van der Waals surface area contributed by atoms with Crippen LogP contribution in [0.3, 0.4) is 0 Å². The first-order valence-electron chi connectivity index (χ1n) is 6.48. The topological polar surface area (TPSA) is 130 Å². The van der Waals surface area contributed by atoms with E-state index >= 15 is 0 Å². The summed E-state index contributed by atoms with van der Waals surface area (Å²) < 4.78 is 31.1. The molecule has 1 aliphatic rings. The van der Waals surface area contributed by atoms with Crippen molar-refractivity contribution in [3.05, 3.63) is 65.7 Å². The van der Waals surface area contributed by atoms with Crippen molar-refractivity contribution in [3.63, 3.8) is 0 Å². The van der Waals surface area contributed by atoms with Gasteiger partial charge in [-0.05, 0) is 12.8 Å². The number of nitrogens with one attached hydrogen (secondary N) is 3. The molecule has 9 nitrogen and oxygen atoms in total. The summed E-state index contributed by atoms with van der Waals surface area (Å²) in [4.78, 5) is 47.8. The highest BCUT2D eigenvalue weighted by Gasteiger charge is 2.19. The molecule has 1 unspecified atom stereocenters. The Morgan fingerprint density at radius 3 is 2.35 bits per heavy atom. The Balaban J connectivity index is 0.000000185. The molecule has 23 heavy (non-hydrogen) atoms. The molecule has 11 heteroatoms. The molecule has 0 aromatic carbocycles. The number of halogens is 2. The molecule has 0 spiro atoms. The third-order valence-corrected chi connectivity index (χ3v) is 2.91. The van der Waals surface area contributed by atoms with E-state index < -0.39 is 40.4 Å². The summed E-state index contributed by atoms with van der Waals surface area (Å²) in [6, 6.07) is 0. The molecular formula is C12H12F2N4O5. The fourth-order valence-corrected chi connectivity index (χ4v) is 1.85. The molecule has 1 atom stereocenters. The van der Waals surface area contributed by atoms with Gasteiger partial charge in [0.05, 0.1) is 6.20 Å². The zero-order valence-corrected chi connectivity index (χ0v) is 11.6. The Morgan fingerprint density at radius 1 is 1.09 bits per heavy atom. The zero-order valence-electron chi connectivity index (χ0n) is 11.6. The number of hydrogen-bond donors (Lipinski definition) is 3. The Morgan fingerprint density at radius 2 is 1.78 bits per heavy atom. The Hall–Kier alpha value is -2.82. The smallest absolute Gasteiger partial charge is 0.330 e. The van der Waals surface area contributed by atoms with Gasteiger partial charge in [0.25, 0.3) is 11.1 Å². The summed E-state index contributed by atoms with van der Waals surface area (Å²) in [7, 11) is 0. The SMILES string of the molecule is O=c1[nH]c(=O)n(C2CCCO2)cc1F.O=c1[nH]cc(F)c(=O)[nH]1. The van der Waals surface area contributed by atoms with E-state index in [0.717, 1.165) is 17.2 Å². The summed E-state index contributed by atoms with van der Waals surface area (Å²) in [6.07, 6.45) is 2.63. The van der Waals surface area contributed by atoms with Gasteiger partial charge in [-0.15, -0.1) is 0 Å². The molecule has 3 rings (SSSR count). The predicted molar refractivity (Wildman–Crippen MR) is 73.1 cm³/mol. The lowest BCUT2D eigenvalue weighted by Gasteiger charge is -2.11. The lowest BCUT2D eigenvalue weighted by atomic mass is 10.3. The van der Waals surface area contributed by atoms with E-state index in [4.69, 9.17) is 4.74 Å². The van der Waals surface area contributed by atoms with Crippen LogP contribution in [0.25, 0.3) is 0 Å². The van der Waals surface area contributed by atoms with Crippen molar-refractivity contribution >= 4 is 0 Å². The van der Waals surface area contributed by atoms with Crippen LogP contribution in [0.4, 0.5) is 8.78 Å². The zero-order chi connectivity index (χ0) is 17.0. The minimum Gasteiger partial charge on any atom is -0.358 e. The van der Waals surface area contributed by atoms with E-state index in [-0.39, 0.29) is 0 Å². The van der Waals surface area contributed by atoms with Crippen molar-refractivity contribution in [2.24, 2.45) is 0 Å². The van der Waals surface area contributed by atoms with Gasteiger partial charge in [-0.1, -0.05) is 0 Å². The lowest BCUT2D eigenvalue weighted by molar-refractivity contribution is 0.0517. The van der Waals surface area contributed by atoms with Gasteiger partial charge in [-0.3, -0.25) is 24.1 Å². The molecule has 1 saturated heterocycles. The highest BCUT2D eigenvalue weighted by Crippen LogP contribution is 2.20. The van der Waals surface area contributed by atoms with Gasteiger partial charge in [0.15, 0.2) is 0 Å². The minimum atomic E-state index is -1.00. The first-order chi connectivity index (χ1) is 10.9. The largest absolute Gasteiger partial charge is 0.358 e. The fourth-order valence-electron chi connectivity index (χ4n) is 1.85. The quantitative estimate of drug-likeness (QED) is 0.629. The van der Waals surface area contributed by atoms with Crippen LogP contribution >= 0.6 is 0 Å². The molecule has 0 bridgehead atoms. The maximum atomic E-state index is 12.9. The van der Waals surface area contributed by atoms with E-state index in [1.54, 1.807) is 4.98 Å². The number of aromatic nitrogens is 4. The van der Waals surface area contributed by atoms with E-state index in [2.05, 4.69) is 0 Å². The van der Waals surface area contributed by atoms with Gasteiger partial charge in [0.2, 0.25) is 11.6 Å². The Bertz CT molecular complexity index is 907. The standard InChI is InChI=1S/C8H9FN2O3.C4H3FN2O2/c9-5-4-11(6-2-1-3-14-6)8(13)10-7(5)12;5-2-1-6-4(9)7-3(2)8/h4,6H,1-3H2,(H,10,12,13);1H,(H2,6,7,8,9). The van der Waals surface area contributed by atoms with Crippen LogP contribution < -0.4 is 22.5 Å². The molecule has 1 aliphatic heterocycles. The molecule has 0 saturated carbocycles. The van der Waals surface area contributed by atoms with E-state index in [1.807, 2.05) is 9.97 Å². The molecular weight excluding hydrogens is 318 g/mol. The summed E-state index contributed by atoms with van der Waals surface area (Å²) in [5.74, 6) is -1.96. The highest BCUT2D eigenvalue weighted by molar-refractivity contribution is 4.88. The maximum absolute atomic E-state index is 12.9. The first-order valence-corrected chi connectivity index (χ1v) is 6.48. The average molecular weight is 330 g/mol. The molecule has 3 heterocycles. The lowest BCUT2D eigenvalue weighted by Crippen LogP contribution is -2.33. The maximum Gasteiger partial charge on any atom is 0.330 e. The molecule has 0 amide bonds. The number of hydrogen-bond acceptors (Lipinski definition) is 5. The van der Waals surface area contributed by atoms with Crippen molar-refractivity contribution in [3.8, 4) is 0 Å². The van der Waals surface area contributed by atoms with Crippen LogP contribution in [0.1, 0.15) is 19.1 Å². The second kappa shape index (κ2) is 6.96. The van der Waals surface area contributed by atoms with E-state index in [0.29, 0.717) is 19.2 Å². The summed E-state index contributed by atoms with van der Waals surface area (Å²) in [5, 5.41) is 0. The molecule has 0 aliphatic carbocycles. The van der Waals surface area contributed by atoms with Gasteiger partial charge >= 0.3 is 11.4 Å². The summed E-state index contributed by atoms with van der Waals surface area (Å²) in [6.45, 7) is 0.553. The van der Waals surface area contributed by atoms with E-state index in [9.17, 15) is 28.0 Å². The molecule has 2 aromatic rings. The minimum absolute atomic E-state index is 0.450. The number of aromatic amines is 3. The predicted octanol–water partition coefficient (Wildman–Crippen LogP) is -0.813. The van der Waals surface area contributed by atoms with Gasteiger partial charge in [-0.25, -0.2) is 9.59 Å². The van der Waals surface area contributed by atoms with Crippen LogP contribution in [0.5, 0.6) is 0 Å². The highest BCUT2D eigenvalue weighted by atomic mass is 19.1. The van der Waals surface area contributed by atoms with Crippen LogP contribution in [-0.4, -0.2) is 26.1 Å². The molecule has 3 N–H and O–H groups in total. The van der Waals surface area contributed by atoms with Crippen LogP contribution in [0, 0.1) is 11.6 Å². The number of H-pyrrole nitrogens is 3. The van der Waals surface area contributed by atoms with Crippen LogP contribution in [0.15, 0.2) is 31.6 Å². The van der Waals surface area contributed by atoms with Crippen molar-refractivity contribution < 1.29 is 13.5 Å². The van der Waals surface area contributed by atoms with Gasteiger partial charge in [-0.2, -0.15) is 8.78 Å². The molecule has 124 valence electrons. The van der Waals surface area contributed by atoms with Gasteiger partial charge in [0.1, 0.15) is 6.23 Å². The van der Waals surface area contributed by atoms with Gasteiger partial charge < -0.3 is 9.72 Å². The summed E-state index contributed by atoms with van der Waals surface area (Å²) in [5.41, 5.74) is -3.34. The Kier molecular flexibility index (Phi) is 5.01. The van der Waals surface area contributed by atoms with Crippen molar-refractivity contribution in [2.45, 2.75) is 19.1 Å². The van der Waals surface area contributed by atoms with Crippen molar-refractivity contribution in [2.75, 3.05) is 6.61 Å². The molecule has 0 radical (unpaired) electrons. The molecule has 2 aromatic heterocycles. The molecule has 1 fully saturated rings. The average Bonchev–Trinajstić information content (AvgIpc) is 3.02. The Labute approximate surface area is 125 Å². The fraction of sp³-hybridized carbons (Fsp3) is 0.333. The first kappa shape index (κ1) is 16.5. The van der Waals surface area contributed by atoms with Crippen LogP contribution in [0.2, 0.25) is 0 Å².